The molecule has 1 amide bonds. The summed E-state index contributed by atoms with van der Waals surface area (Å²) < 4.78 is 0. The Kier molecular flexibility index (Phi) is 4.55. The Bertz CT molecular complexity index is 599. The quantitative estimate of drug-likeness (QED) is 0.789. The van der Waals surface area contributed by atoms with Gasteiger partial charge in [-0.15, -0.1) is 0 Å². The molecule has 1 aliphatic rings. The van der Waals surface area contributed by atoms with Crippen molar-refractivity contribution >= 4 is 16.8 Å². The molecule has 112 valence electrons. The van der Waals surface area contributed by atoms with E-state index >= 15 is 0 Å². The average Bonchev–Trinajstić information content (AvgIpc) is 2.92. The van der Waals surface area contributed by atoms with E-state index in [0.717, 1.165) is 25.0 Å². The minimum atomic E-state index is 0.184. The smallest absolute Gasteiger partial charge is 0.220 e. The van der Waals surface area contributed by atoms with Gasteiger partial charge in [-0.2, -0.15) is 0 Å². The van der Waals surface area contributed by atoms with Gasteiger partial charge < -0.3 is 15.6 Å². The minimum absolute atomic E-state index is 0.184. The van der Waals surface area contributed by atoms with E-state index in [9.17, 15) is 4.79 Å². The van der Waals surface area contributed by atoms with Crippen LogP contribution in [0.15, 0.2) is 30.5 Å². The van der Waals surface area contributed by atoms with E-state index in [0.29, 0.717) is 18.9 Å². The summed E-state index contributed by atoms with van der Waals surface area (Å²) in [6.45, 7) is 2.79. The van der Waals surface area contributed by atoms with Gasteiger partial charge in [0.2, 0.25) is 5.91 Å². The molecule has 0 bridgehead atoms. The molecular weight excluding hydrogens is 262 g/mol. The van der Waals surface area contributed by atoms with Crippen molar-refractivity contribution in [3.8, 4) is 0 Å². The van der Waals surface area contributed by atoms with Gasteiger partial charge in [0, 0.05) is 30.1 Å². The topological polar surface area (TPSA) is 56.9 Å². The molecule has 2 heterocycles. The Morgan fingerprint density at radius 2 is 2.24 bits per heavy atom. The highest BCUT2D eigenvalue weighted by Gasteiger charge is 2.16. The third-order valence-electron chi connectivity index (χ3n) is 4.26. The Morgan fingerprint density at radius 3 is 3.10 bits per heavy atom. The number of fused-ring (bicyclic) bond motifs is 1. The molecule has 1 aromatic heterocycles. The number of carbonyl (C=O) groups excluding carboxylic acids is 1. The lowest BCUT2D eigenvalue weighted by Crippen LogP contribution is -2.34. The summed E-state index contributed by atoms with van der Waals surface area (Å²) in [5.41, 5.74) is 2.43. The zero-order valence-corrected chi connectivity index (χ0v) is 12.3. The molecule has 1 saturated heterocycles. The van der Waals surface area contributed by atoms with Crippen LogP contribution in [0.25, 0.3) is 10.9 Å². The molecule has 0 saturated carbocycles. The summed E-state index contributed by atoms with van der Waals surface area (Å²) in [6.07, 6.45) is 5.93. The molecule has 2 aromatic rings. The molecule has 21 heavy (non-hydrogen) atoms. The van der Waals surface area contributed by atoms with Gasteiger partial charge in [0.05, 0.1) is 0 Å². The monoisotopic (exact) mass is 285 g/mol. The van der Waals surface area contributed by atoms with E-state index in [1.54, 1.807) is 0 Å². The normalized spacial score (nSPS) is 18.8. The first-order chi connectivity index (χ1) is 10.3. The van der Waals surface area contributed by atoms with Gasteiger partial charge in [-0.3, -0.25) is 4.79 Å². The summed E-state index contributed by atoms with van der Waals surface area (Å²) in [5, 5.41) is 7.66. The number of hydrogen-bond donors (Lipinski definition) is 3. The number of aromatic amines is 1. The lowest BCUT2D eigenvalue weighted by atomic mass is 9.96. The second-order valence-electron chi connectivity index (χ2n) is 5.88. The summed E-state index contributed by atoms with van der Waals surface area (Å²) in [6, 6.07) is 8.28. The van der Waals surface area contributed by atoms with Crippen LogP contribution in [0.2, 0.25) is 0 Å². The van der Waals surface area contributed by atoms with E-state index in [2.05, 4.69) is 27.8 Å². The Labute approximate surface area is 125 Å². The number of H-pyrrole nitrogens is 1. The highest BCUT2D eigenvalue weighted by atomic mass is 16.1. The van der Waals surface area contributed by atoms with Crippen LogP contribution in [0, 0.1) is 5.92 Å². The maximum Gasteiger partial charge on any atom is 0.220 e. The third-order valence-corrected chi connectivity index (χ3v) is 4.26. The number of hydrogen-bond acceptors (Lipinski definition) is 2. The first kappa shape index (κ1) is 14.1. The number of rotatable bonds is 5. The average molecular weight is 285 g/mol. The summed E-state index contributed by atoms with van der Waals surface area (Å²) in [4.78, 5) is 15.2. The molecule has 4 heteroatoms. The summed E-state index contributed by atoms with van der Waals surface area (Å²) in [7, 11) is 0. The molecule has 1 aromatic carbocycles. The van der Waals surface area contributed by atoms with E-state index < -0.39 is 0 Å². The largest absolute Gasteiger partial charge is 0.361 e. The van der Waals surface area contributed by atoms with Gasteiger partial charge in [-0.1, -0.05) is 18.2 Å². The number of para-hydroxylation sites is 1. The molecular formula is C17H23N3O. The van der Waals surface area contributed by atoms with Crippen LogP contribution in [-0.4, -0.2) is 30.5 Å². The molecule has 1 fully saturated rings. The van der Waals surface area contributed by atoms with Crippen molar-refractivity contribution in [3.05, 3.63) is 36.0 Å². The second kappa shape index (κ2) is 6.76. The fourth-order valence-corrected chi connectivity index (χ4v) is 3.11. The van der Waals surface area contributed by atoms with Crippen LogP contribution < -0.4 is 10.6 Å². The van der Waals surface area contributed by atoms with Gasteiger partial charge in [0.1, 0.15) is 0 Å². The minimum Gasteiger partial charge on any atom is -0.361 e. The predicted molar refractivity (Wildman–Crippen MR) is 85.2 cm³/mol. The zero-order valence-electron chi connectivity index (χ0n) is 12.3. The highest BCUT2D eigenvalue weighted by Crippen LogP contribution is 2.18. The van der Waals surface area contributed by atoms with Gasteiger partial charge >= 0.3 is 0 Å². The van der Waals surface area contributed by atoms with Crippen molar-refractivity contribution in [1.82, 2.24) is 15.6 Å². The number of carbonyl (C=O) groups is 1. The van der Waals surface area contributed by atoms with Crippen LogP contribution in [0.5, 0.6) is 0 Å². The van der Waals surface area contributed by atoms with Crippen LogP contribution in [0.1, 0.15) is 24.8 Å². The fraction of sp³-hybridized carbons (Fsp3) is 0.471. The molecule has 3 N–H and O–H groups in total. The van der Waals surface area contributed by atoms with Gasteiger partial charge in [-0.05, 0) is 49.9 Å². The van der Waals surface area contributed by atoms with E-state index in [1.165, 1.54) is 23.8 Å². The van der Waals surface area contributed by atoms with Crippen LogP contribution in [0.4, 0.5) is 0 Å². The number of piperidine rings is 1. The maximum absolute atomic E-state index is 12.0. The predicted octanol–water partition coefficient (Wildman–Crippen LogP) is 2.22. The van der Waals surface area contributed by atoms with E-state index in [4.69, 9.17) is 0 Å². The van der Waals surface area contributed by atoms with Gasteiger partial charge in [0.15, 0.2) is 0 Å². The molecule has 1 unspecified atom stereocenters. The number of amides is 1. The maximum atomic E-state index is 12.0. The molecule has 3 rings (SSSR count). The molecule has 4 nitrogen and oxygen atoms in total. The molecule has 0 aliphatic carbocycles. The Balaban J connectivity index is 1.46. The number of benzene rings is 1. The summed E-state index contributed by atoms with van der Waals surface area (Å²) >= 11 is 0. The van der Waals surface area contributed by atoms with Crippen molar-refractivity contribution in [2.45, 2.75) is 25.7 Å². The van der Waals surface area contributed by atoms with E-state index in [1.807, 2.05) is 18.3 Å². The number of nitrogens with one attached hydrogen (secondary N) is 3. The van der Waals surface area contributed by atoms with Crippen molar-refractivity contribution in [2.75, 3.05) is 19.6 Å². The SMILES string of the molecule is O=C(CC1CCCNC1)NCCc1c[nH]c2ccccc12. The van der Waals surface area contributed by atoms with Crippen LogP contribution in [-0.2, 0) is 11.2 Å². The van der Waals surface area contributed by atoms with Crippen molar-refractivity contribution in [2.24, 2.45) is 5.92 Å². The lowest BCUT2D eigenvalue weighted by molar-refractivity contribution is -0.122. The van der Waals surface area contributed by atoms with Crippen LogP contribution in [0.3, 0.4) is 0 Å². The molecule has 0 radical (unpaired) electrons. The Hall–Kier alpha value is -1.81. The van der Waals surface area contributed by atoms with Gasteiger partial charge in [0.25, 0.3) is 0 Å². The van der Waals surface area contributed by atoms with Crippen LogP contribution >= 0.6 is 0 Å². The van der Waals surface area contributed by atoms with Crippen molar-refractivity contribution < 1.29 is 4.79 Å². The highest BCUT2D eigenvalue weighted by molar-refractivity contribution is 5.83. The van der Waals surface area contributed by atoms with Crippen molar-refractivity contribution in [3.63, 3.8) is 0 Å². The Morgan fingerprint density at radius 1 is 1.33 bits per heavy atom. The van der Waals surface area contributed by atoms with Crippen molar-refractivity contribution in [1.29, 1.82) is 0 Å². The first-order valence-corrected chi connectivity index (χ1v) is 7.85. The first-order valence-electron chi connectivity index (χ1n) is 7.85. The fourth-order valence-electron chi connectivity index (χ4n) is 3.11. The third kappa shape index (κ3) is 3.64. The summed E-state index contributed by atoms with van der Waals surface area (Å²) in [5.74, 6) is 0.690. The molecule has 0 spiro atoms. The lowest BCUT2D eigenvalue weighted by Gasteiger charge is -2.22. The number of aromatic nitrogens is 1. The van der Waals surface area contributed by atoms with E-state index in [-0.39, 0.29) is 5.91 Å². The second-order valence-corrected chi connectivity index (χ2v) is 5.88. The molecule has 1 atom stereocenters. The molecule has 1 aliphatic heterocycles. The van der Waals surface area contributed by atoms with Gasteiger partial charge in [-0.25, -0.2) is 0 Å². The standard InChI is InChI=1S/C17H23N3O/c21-17(10-13-4-3-8-18-11-13)19-9-7-14-12-20-16-6-2-1-5-15(14)16/h1-2,5-6,12-13,18,20H,3-4,7-11H2,(H,19,21). The zero-order chi connectivity index (χ0) is 14.5.